The maximum absolute atomic E-state index is 13.1. The van der Waals surface area contributed by atoms with Crippen LogP contribution in [0.15, 0.2) is 48.7 Å². The molecule has 152 valence electrons. The molecule has 0 N–H and O–H groups in total. The molecule has 1 amide bonds. The lowest BCUT2D eigenvalue weighted by Crippen LogP contribution is -2.50. The van der Waals surface area contributed by atoms with Gasteiger partial charge in [-0.1, -0.05) is 36.8 Å². The van der Waals surface area contributed by atoms with Gasteiger partial charge in [0.2, 0.25) is 0 Å². The molecular formula is C21H27Cl2N3O2. The minimum Gasteiger partial charge on any atom is -0.477 e. The third-order valence-electron chi connectivity index (χ3n) is 5.24. The van der Waals surface area contributed by atoms with Crippen molar-refractivity contribution in [3.05, 3.63) is 54.2 Å². The summed E-state index contributed by atoms with van der Waals surface area (Å²) in [6, 6.07) is 14.0. The van der Waals surface area contributed by atoms with Crippen molar-refractivity contribution in [2.75, 3.05) is 24.5 Å². The Labute approximate surface area is 178 Å². The average Bonchev–Trinajstić information content (AvgIpc) is 2.69. The highest BCUT2D eigenvalue weighted by molar-refractivity contribution is 5.99. The standard InChI is InChI=1S/C21H25N3O2.2ClH/c1-16-21(25)24(20-19(26-16)11-8-12-22-20)18(17-9-4-2-5-10-17)15-23-13-6-3-7-14-23;;/h2,4-5,8-12,16,18H,3,6-7,13-15H2,1H3;2*1H. The Balaban J connectivity index is 0.00000140. The fraction of sp³-hybridized carbons (Fsp3) is 0.429. The number of hydrogen-bond acceptors (Lipinski definition) is 4. The molecule has 0 spiro atoms. The van der Waals surface area contributed by atoms with Crippen molar-refractivity contribution in [1.29, 1.82) is 0 Å². The largest absolute Gasteiger partial charge is 0.477 e. The Hall–Kier alpha value is -1.82. The molecule has 2 atom stereocenters. The van der Waals surface area contributed by atoms with Gasteiger partial charge in [0.15, 0.2) is 17.7 Å². The van der Waals surface area contributed by atoms with Gasteiger partial charge >= 0.3 is 0 Å². The van der Waals surface area contributed by atoms with Crippen LogP contribution in [0.3, 0.4) is 0 Å². The van der Waals surface area contributed by atoms with Gasteiger partial charge in [0.1, 0.15) is 0 Å². The molecule has 5 nitrogen and oxygen atoms in total. The normalized spacial score (nSPS) is 20.2. The fourth-order valence-corrected chi connectivity index (χ4v) is 3.90. The third kappa shape index (κ3) is 4.59. The maximum atomic E-state index is 13.1. The molecule has 2 aliphatic heterocycles. The molecule has 2 aliphatic rings. The highest BCUT2D eigenvalue weighted by Crippen LogP contribution is 2.37. The Morgan fingerprint density at radius 2 is 1.79 bits per heavy atom. The molecule has 1 fully saturated rings. The van der Waals surface area contributed by atoms with E-state index in [1.807, 2.05) is 42.2 Å². The van der Waals surface area contributed by atoms with E-state index in [2.05, 4.69) is 22.0 Å². The van der Waals surface area contributed by atoms with Crippen LogP contribution in [0.2, 0.25) is 0 Å². The summed E-state index contributed by atoms with van der Waals surface area (Å²) in [7, 11) is 0. The molecular weight excluding hydrogens is 397 g/mol. The first-order chi connectivity index (χ1) is 12.7. The number of carbonyl (C=O) groups is 1. The number of amides is 1. The number of hydrogen-bond donors (Lipinski definition) is 0. The van der Waals surface area contributed by atoms with Crippen molar-refractivity contribution in [3.63, 3.8) is 0 Å². The lowest BCUT2D eigenvalue weighted by Gasteiger charge is -2.40. The van der Waals surface area contributed by atoms with Crippen molar-refractivity contribution in [2.24, 2.45) is 0 Å². The van der Waals surface area contributed by atoms with Crippen LogP contribution in [0.25, 0.3) is 0 Å². The van der Waals surface area contributed by atoms with Gasteiger partial charge < -0.3 is 9.64 Å². The quantitative estimate of drug-likeness (QED) is 0.736. The lowest BCUT2D eigenvalue weighted by atomic mass is 10.0. The van der Waals surface area contributed by atoms with Crippen LogP contribution in [0, 0.1) is 0 Å². The van der Waals surface area contributed by atoms with E-state index in [1.165, 1.54) is 19.3 Å². The number of piperidine rings is 1. The molecule has 7 heteroatoms. The number of rotatable bonds is 4. The Bertz CT molecular complexity index is 769. The summed E-state index contributed by atoms with van der Waals surface area (Å²) in [6.45, 7) is 4.81. The first-order valence-corrected chi connectivity index (χ1v) is 9.46. The van der Waals surface area contributed by atoms with Gasteiger partial charge in [-0.05, 0) is 50.6 Å². The van der Waals surface area contributed by atoms with Crippen molar-refractivity contribution in [3.8, 4) is 5.75 Å². The van der Waals surface area contributed by atoms with Crippen molar-refractivity contribution < 1.29 is 9.53 Å². The van der Waals surface area contributed by atoms with E-state index in [9.17, 15) is 4.79 Å². The molecule has 1 aromatic heterocycles. The molecule has 28 heavy (non-hydrogen) atoms. The molecule has 1 saturated heterocycles. The van der Waals surface area contributed by atoms with Gasteiger partial charge in [0, 0.05) is 12.7 Å². The van der Waals surface area contributed by atoms with Crippen LogP contribution in [-0.2, 0) is 4.79 Å². The Morgan fingerprint density at radius 1 is 1.07 bits per heavy atom. The molecule has 0 bridgehead atoms. The fourth-order valence-electron chi connectivity index (χ4n) is 3.90. The summed E-state index contributed by atoms with van der Waals surface area (Å²) in [6.07, 6.45) is 4.97. The van der Waals surface area contributed by atoms with Gasteiger partial charge in [0.05, 0.1) is 6.04 Å². The number of anilines is 1. The van der Waals surface area contributed by atoms with Crippen LogP contribution in [-0.4, -0.2) is 41.5 Å². The summed E-state index contributed by atoms with van der Waals surface area (Å²) < 4.78 is 5.78. The van der Waals surface area contributed by atoms with E-state index >= 15 is 0 Å². The van der Waals surface area contributed by atoms with Crippen molar-refractivity contribution in [2.45, 2.75) is 38.3 Å². The summed E-state index contributed by atoms with van der Waals surface area (Å²) in [5.74, 6) is 1.28. The minimum absolute atomic E-state index is 0. The predicted octanol–water partition coefficient (Wildman–Crippen LogP) is 4.27. The Morgan fingerprint density at radius 3 is 2.50 bits per heavy atom. The van der Waals surface area contributed by atoms with E-state index in [4.69, 9.17) is 4.74 Å². The number of benzene rings is 1. The second-order valence-electron chi connectivity index (χ2n) is 7.08. The Kier molecular flexibility index (Phi) is 8.10. The van der Waals surface area contributed by atoms with Gasteiger partial charge in [-0.15, -0.1) is 24.8 Å². The summed E-state index contributed by atoms with van der Waals surface area (Å²) in [5, 5.41) is 0. The SMILES string of the molecule is CC1Oc2cccnc2N(C(CN2CCCCC2)c2ccccc2)C1=O.Cl.Cl. The van der Waals surface area contributed by atoms with E-state index < -0.39 is 6.10 Å². The number of halogens is 2. The molecule has 4 rings (SSSR count). The monoisotopic (exact) mass is 423 g/mol. The van der Waals surface area contributed by atoms with Crippen molar-refractivity contribution in [1.82, 2.24) is 9.88 Å². The van der Waals surface area contributed by atoms with Crippen LogP contribution in [0.5, 0.6) is 5.75 Å². The van der Waals surface area contributed by atoms with Gasteiger partial charge in [-0.2, -0.15) is 0 Å². The maximum Gasteiger partial charge on any atom is 0.269 e. The molecule has 0 radical (unpaired) electrons. The number of fused-ring (bicyclic) bond motifs is 1. The second kappa shape index (κ2) is 10.1. The van der Waals surface area contributed by atoms with E-state index in [-0.39, 0.29) is 36.8 Å². The average molecular weight is 424 g/mol. The zero-order valence-electron chi connectivity index (χ0n) is 16.0. The van der Waals surface area contributed by atoms with Crippen molar-refractivity contribution >= 4 is 36.5 Å². The molecule has 0 aliphatic carbocycles. The zero-order valence-corrected chi connectivity index (χ0v) is 17.6. The van der Waals surface area contributed by atoms with Gasteiger partial charge in [0.25, 0.3) is 5.91 Å². The minimum atomic E-state index is -0.501. The molecule has 3 heterocycles. The lowest BCUT2D eigenvalue weighted by molar-refractivity contribution is -0.126. The predicted molar refractivity (Wildman–Crippen MR) is 116 cm³/mol. The number of likely N-dealkylation sites (tertiary alicyclic amines) is 1. The topological polar surface area (TPSA) is 45.7 Å². The number of nitrogens with zero attached hydrogens (tertiary/aromatic N) is 3. The number of ether oxygens (including phenoxy) is 1. The highest BCUT2D eigenvalue weighted by atomic mass is 35.5. The second-order valence-corrected chi connectivity index (χ2v) is 7.08. The van der Waals surface area contributed by atoms with Crippen LogP contribution >= 0.6 is 24.8 Å². The summed E-state index contributed by atoms with van der Waals surface area (Å²) in [5.41, 5.74) is 1.14. The van der Waals surface area contributed by atoms with Crippen LogP contribution in [0.1, 0.15) is 37.8 Å². The number of pyridine rings is 1. The third-order valence-corrected chi connectivity index (χ3v) is 5.24. The molecule has 2 unspecified atom stereocenters. The number of aromatic nitrogens is 1. The van der Waals surface area contributed by atoms with E-state index in [1.54, 1.807) is 6.20 Å². The molecule has 0 saturated carbocycles. The molecule has 2 aromatic rings. The summed E-state index contributed by atoms with van der Waals surface area (Å²) in [4.78, 5) is 21.9. The van der Waals surface area contributed by atoms with E-state index in [0.717, 1.165) is 25.2 Å². The molecule has 1 aromatic carbocycles. The van der Waals surface area contributed by atoms with Crippen LogP contribution < -0.4 is 9.64 Å². The van der Waals surface area contributed by atoms with E-state index in [0.29, 0.717) is 11.6 Å². The summed E-state index contributed by atoms with van der Waals surface area (Å²) >= 11 is 0. The smallest absolute Gasteiger partial charge is 0.269 e. The zero-order chi connectivity index (χ0) is 17.9. The van der Waals surface area contributed by atoms with Gasteiger partial charge in [-0.3, -0.25) is 9.69 Å². The first kappa shape index (κ1) is 22.5. The first-order valence-electron chi connectivity index (χ1n) is 9.46. The highest BCUT2D eigenvalue weighted by Gasteiger charge is 2.38. The van der Waals surface area contributed by atoms with Crippen LogP contribution in [0.4, 0.5) is 5.82 Å². The van der Waals surface area contributed by atoms with Gasteiger partial charge in [-0.25, -0.2) is 4.98 Å². The number of carbonyl (C=O) groups excluding carboxylic acids is 1.